The van der Waals surface area contributed by atoms with E-state index in [0.29, 0.717) is 0 Å². The van der Waals surface area contributed by atoms with Crippen molar-refractivity contribution in [2.24, 2.45) is 5.73 Å². The predicted octanol–water partition coefficient (Wildman–Crippen LogP) is 0.338. The van der Waals surface area contributed by atoms with Gasteiger partial charge in [0.05, 0.1) is 13.1 Å². The van der Waals surface area contributed by atoms with Crippen LogP contribution in [0.25, 0.3) is 0 Å². The number of carbonyl (C=O) groups excluding carboxylic acids is 2. The summed E-state index contributed by atoms with van der Waals surface area (Å²) in [5, 5.41) is 5.17. The monoisotopic (exact) mass is 304 g/mol. The first-order chi connectivity index (χ1) is 10.7. The molecule has 0 aliphatic carbocycles. The maximum Gasteiger partial charge on any atom is 0.243 e. The second-order valence-corrected chi connectivity index (χ2v) is 5.52. The minimum Gasteiger partial charge on any atom is -0.346 e. The van der Waals surface area contributed by atoms with E-state index < -0.39 is 0 Å². The molecule has 2 rings (SSSR count). The summed E-state index contributed by atoms with van der Waals surface area (Å²) in [4.78, 5) is 25.1. The normalized spacial score (nSPS) is 14.8. The summed E-state index contributed by atoms with van der Waals surface area (Å²) in [7, 11) is 0. The Morgan fingerprint density at radius 1 is 1.09 bits per heavy atom. The molecule has 1 heterocycles. The van der Waals surface area contributed by atoms with E-state index in [1.54, 1.807) is 0 Å². The van der Waals surface area contributed by atoms with Crippen LogP contribution in [0.1, 0.15) is 18.4 Å². The van der Waals surface area contributed by atoms with Gasteiger partial charge in [-0.2, -0.15) is 0 Å². The summed E-state index contributed by atoms with van der Waals surface area (Å²) in [5.41, 5.74) is 7.15. The Morgan fingerprint density at radius 2 is 1.77 bits per heavy atom. The molecule has 4 N–H and O–H groups in total. The lowest BCUT2D eigenvalue weighted by Crippen LogP contribution is -2.36. The van der Waals surface area contributed by atoms with E-state index in [4.69, 9.17) is 5.73 Å². The average Bonchev–Trinajstić information content (AvgIpc) is 3.05. The first kappa shape index (κ1) is 16.5. The highest BCUT2D eigenvalue weighted by Crippen LogP contribution is 2.12. The number of likely N-dealkylation sites (tertiary alicyclic amines) is 1. The largest absolute Gasteiger partial charge is 0.346 e. The first-order valence-corrected chi connectivity index (χ1v) is 7.75. The number of anilines is 1. The van der Waals surface area contributed by atoms with Crippen molar-refractivity contribution in [1.29, 1.82) is 0 Å². The van der Waals surface area contributed by atoms with E-state index in [1.807, 2.05) is 24.3 Å². The predicted molar refractivity (Wildman–Crippen MR) is 86.5 cm³/mol. The van der Waals surface area contributed by atoms with Gasteiger partial charge in [-0.15, -0.1) is 0 Å². The van der Waals surface area contributed by atoms with Crippen LogP contribution in [0, 0.1) is 0 Å². The Hall–Kier alpha value is -1.92. The molecule has 0 aromatic heterocycles. The van der Waals surface area contributed by atoms with Gasteiger partial charge in [0.15, 0.2) is 0 Å². The van der Waals surface area contributed by atoms with Crippen molar-refractivity contribution in [2.75, 3.05) is 38.0 Å². The second-order valence-electron chi connectivity index (χ2n) is 5.52. The average molecular weight is 304 g/mol. The van der Waals surface area contributed by atoms with Crippen molar-refractivity contribution >= 4 is 17.5 Å². The summed E-state index contributed by atoms with van der Waals surface area (Å²) in [6.07, 6.45) is 3.65. The van der Waals surface area contributed by atoms with E-state index in [-0.39, 0.29) is 24.9 Å². The molecule has 6 heteroatoms. The molecule has 6 nitrogen and oxygen atoms in total. The first-order valence-electron chi connectivity index (χ1n) is 7.75. The molecule has 0 unspecified atom stereocenters. The van der Waals surface area contributed by atoms with Gasteiger partial charge in [0.25, 0.3) is 0 Å². The van der Waals surface area contributed by atoms with Gasteiger partial charge in [0, 0.05) is 12.2 Å². The van der Waals surface area contributed by atoms with Crippen LogP contribution >= 0.6 is 0 Å². The Morgan fingerprint density at radius 3 is 2.41 bits per heavy atom. The molecule has 1 saturated heterocycles. The van der Waals surface area contributed by atoms with Gasteiger partial charge in [0.2, 0.25) is 11.8 Å². The number of benzene rings is 1. The summed E-state index contributed by atoms with van der Waals surface area (Å²) >= 11 is 0. The van der Waals surface area contributed by atoms with Gasteiger partial charge in [-0.3, -0.25) is 9.59 Å². The Bertz CT molecular complexity index is 495. The maximum atomic E-state index is 11.6. The highest BCUT2D eigenvalue weighted by Gasteiger charge is 2.10. The van der Waals surface area contributed by atoms with Crippen LogP contribution in [0.15, 0.2) is 24.3 Å². The summed E-state index contributed by atoms with van der Waals surface area (Å²) in [6, 6.07) is 7.85. The highest BCUT2D eigenvalue weighted by atomic mass is 16.2. The van der Waals surface area contributed by atoms with Gasteiger partial charge in [0.1, 0.15) is 0 Å². The fourth-order valence-corrected chi connectivity index (χ4v) is 2.50. The van der Waals surface area contributed by atoms with Crippen LogP contribution < -0.4 is 16.4 Å². The molecule has 1 fully saturated rings. The standard InChI is InChI=1S/C16H24N4O2/c17-11-15(21)18-12-16(22)19-14-5-3-13(4-6-14)7-10-20-8-1-2-9-20/h3-6H,1-2,7-12,17H2,(H,18,21)(H,19,22). The number of nitrogens with zero attached hydrogens (tertiary/aromatic N) is 1. The molecule has 1 aromatic rings. The van der Waals surface area contributed by atoms with E-state index in [0.717, 1.165) is 18.7 Å². The zero-order chi connectivity index (χ0) is 15.8. The molecule has 0 saturated carbocycles. The Kier molecular flexibility index (Phi) is 6.36. The minimum atomic E-state index is -0.340. The van der Waals surface area contributed by atoms with E-state index in [2.05, 4.69) is 15.5 Å². The van der Waals surface area contributed by atoms with Crippen molar-refractivity contribution < 1.29 is 9.59 Å². The molecule has 1 aliphatic rings. The fourth-order valence-electron chi connectivity index (χ4n) is 2.50. The van der Waals surface area contributed by atoms with Crippen LogP contribution in [-0.2, 0) is 16.0 Å². The number of carbonyl (C=O) groups is 2. The zero-order valence-corrected chi connectivity index (χ0v) is 12.8. The minimum absolute atomic E-state index is 0.0628. The van der Waals surface area contributed by atoms with Crippen LogP contribution in [0.3, 0.4) is 0 Å². The lowest BCUT2D eigenvalue weighted by molar-refractivity contribution is -0.123. The van der Waals surface area contributed by atoms with Crippen molar-refractivity contribution in [3.05, 3.63) is 29.8 Å². The zero-order valence-electron chi connectivity index (χ0n) is 12.8. The van der Waals surface area contributed by atoms with Crippen molar-refractivity contribution in [1.82, 2.24) is 10.2 Å². The second kappa shape index (κ2) is 8.51. The van der Waals surface area contributed by atoms with Crippen LogP contribution in [-0.4, -0.2) is 49.4 Å². The fraction of sp³-hybridized carbons (Fsp3) is 0.500. The number of amides is 2. The van der Waals surface area contributed by atoms with Gasteiger partial charge in [-0.25, -0.2) is 0 Å². The van der Waals surface area contributed by atoms with Gasteiger partial charge in [-0.1, -0.05) is 12.1 Å². The van der Waals surface area contributed by atoms with E-state index in [1.165, 1.54) is 31.5 Å². The third-order valence-electron chi connectivity index (χ3n) is 3.78. The van der Waals surface area contributed by atoms with Gasteiger partial charge >= 0.3 is 0 Å². The maximum absolute atomic E-state index is 11.6. The summed E-state index contributed by atoms with van der Waals surface area (Å²) in [5.74, 6) is -0.598. The molecular formula is C16H24N4O2. The number of nitrogens with two attached hydrogens (primary N) is 1. The van der Waals surface area contributed by atoms with E-state index in [9.17, 15) is 9.59 Å². The molecule has 120 valence electrons. The number of nitrogens with one attached hydrogen (secondary N) is 2. The third-order valence-corrected chi connectivity index (χ3v) is 3.78. The van der Waals surface area contributed by atoms with Gasteiger partial charge < -0.3 is 21.3 Å². The molecule has 0 bridgehead atoms. The lowest BCUT2D eigenvalue weighted by atomic mass is 10.1. The van der Waals surface area contributed by atoms with Crippen molar-refractivity contribution in [3.8, 4) is 0 Å². The Labute approximate surface area is 131 Å². The van der Waals surface area contributed by atoms with Crippen molar-refractivity contribution in [2.45, 2.75) is 19.3 Å². The van der Waals surface area contributed by atoms with Crippen LogP contribution in [0.5, 0.6) is 0 Å². The Balaban J connectivity index is 1.73. The van der Waals surface area contributed by atoms with Gasteiger partial charge in [-0.05, 0) is 50.0 Å². The highest BCUT2D eigenvalue weighted by molar-refractivity contribution is 5.94. The molecule has 0 atom stereocenters. The molecule has 22 heavy (non-hydrogen) atoms. The summed E-state index contributed by atoms with van der Waals surface area (Å²) < 4.78 is 0. The summed E-state index contributed by atoms with van der Waals surface area (Å²) in [6.45, 7) is 3.34. The number of rotatable bonds is 7. The molecule has 0 spiro atoms. The van der Waals surface area contributed by atoms with Crippen LogP contribution in [0.2, 0.25) is 0 Å². The van der Waals surface area contributed by atoms with Crippen LogP contribution in [0.4, 0.5) is 5.69 Å². The van der Waals surface area contributed by atoms with E-state index >= 15 is 0 Å². The van der Waals surface area contributed by atoms with Crippen molar-refractivity contribution in [3.63, 3.8) is 0 Å². The number of hydrogen-bond acceptors (Lipinski definition) is 4. The smallest absolute Gasteiger partial charge is 0.243 e. The quantitative estimate of drug-likeness (QED) is 0.678. The lowest BCUT2D eigenvalue weighted by Gasteiger charge is -2.14. The molecule has 1 aliphatic heterocycles. The third kappa shape index (κ3) is 5.46. The molecule has 1 aromatic carbocycles. The molecular weight excluding hydrogens is 280 g/mol. The molecule has 0 radical (unpaired) electrons. The molecule has 2 amide bonds. The topological polar surface area (TPSA) is 87.5 Å². The number of hydrogen-bond donors (Lipinski definition) is 3. The SMILES string of the molecule is NCC(=O)NCC(=O)Nc1ccc(CCN2CCCC2)cc1.